The SMILES string of the molecule is CNC(Cc1ccsc1)C1CCc2ccccc21. The van der Waals surface area contributed by atoms with E-state index in [4.69, 9.17) is 0 Å². The highest BCUT2D eigenvalue weighted by Gasteiger charge is 2.28. The average molecular weight is 257 g/mol. The van der Waals surface area contributed by atoms with Gasteiger partial charge in [0, 0.05) is 12.0 Å². The van der Waals surface area contributed by atoms with Crippen molar-refractivity contribution in [3.05, 3.63) is 57.8 Å². The summed E-state index contributed by atoms with van der Waals surface area (Å²) in [5, 5.41) is 7.97. The zero-order chi connectivity index (χ0) is 12.4. The molecule has 0 radical (unpaired) electrons. The largest absolute Gasteiger partial charge is 0.316 e. The van der Waals surface area contributed by atoms with Gasteiger partial charge in [-0.3, -0.25) is 0 Å². The molecule has 18 heavy (non-hydrogen) atoms. The molecule has 1 nitrogen and oxygen atoms in total. The Morgan fingerprint density at radius 3 is 3.00 bits per heavy atom. The molecule has 2 heteroatoms. The smallest absolute Gasteiger partial charge is 0.0174 e. The monoisotopic (exact) mass is 257 g/mol. The molecule has 0 spiro atoms. The topological polar surface area (TPSA) is 12.0 Å². The molecule has 0 amide bonds. The summed E-state index contributed by atoms with van der Waals surface area (Å²) in [6.45, 7) is 0. The molecule has 0 bridgehead atoms. The van der Waals surface area contributed by atoms with Crippen LogP contribution in [0.1, 0.15) is 29.0 Å². The second kappa shape index (κ2) is 5.25. The van der Waals surface area contributed by atoms with Gasteiger partial charge in [-0.25, -0.2) is 0 Å². The van der Waals surface area contributed by atoms with Crippen molar-refractivity contribution < 1.29 is 0 Å². The van der Waals surface area contributed by atoms with Crippen LogP contribution in [0.15, 0.2) is 41.1 Å². The van der Waals surface area contributed by atoms with Gasteiger partial charge in [-0.2, -0.15) is 11.3 Å². The van der Waals surface area contributed by atoms with Crippen molar-refractivity contribution in [2.45, 2.75) is 31.2 Å². The van der Waals surface area contributed by atoms with Crippen LogP contribution in [0, 0.1) is 0 Å². The van der Waals surface area contributed by atoms with Crippen molar-refractivity contribution in [3.63, 3.8) is 0 Å². The Labute approximate surface area is 113 Å². The summed E-state index contributed by atoms with van der Waals surface area (Å²) >= 11 is 1.79. The fourth-order valence-electron chi connectivity index (χ4n) is 3.12. The predicted octanol–water partition coefficient (Wildman–Crippen LogP) is 3.61. The maximum absolute atomic E-state index is 3.53. The lowest BCUT2D eigenvalue weighted by Gasteiger charge is -2.23. The first-order valence-corrected chi connectivity index (χ1v) is 7.59. The highest BCUT2D eigenvalue weighted by molar-refractivity contribution is 7.07. The average Bonchev–Trinajstić information content (AvgIpc) is 3.05. The Kier molecular flexibility index (Phi) is 3.48. The predicted molar refractivity (Wildman–Crippen MR) is 78.4 cm³/mol. The van der Waals surface area contributed by atoms with Gasteiger partial charge >= 0.3 is 0 Å². The van der Waals surface area contributed by atoms with Gasteiger partial charge in [0.15, 0.2) is 0 Å². The fraction of sp³-hybridized carbons (Fsp3) is 0.375. The number of hydrogen-bond acceptors (Lipinski definition) is 2. The van der Waals surface area contributed by atoms with Crippen LogP contribution in [0.25, 0.3) is 0 Å². The second-order valence-electron chi connectivity index (χ2n) is 5.07. The first-order chi connectivity index (χ1) is 8.88. The molecule has 3 rings (SSSR count). The van der Waals surface area contributed by atoms with E-state index in [1.807, 2.05) is 0 Å². The minimum atomic E-state index is 0.559. The molecule has 0 saturated heterocycles. The van der Waals surface area contributed by atoms with E-state index in [2.05, 4.69) is 53.5 Å². The van der Waals surface area contributed by atoms with Crippen LogP contribution in [0.5, 0.6) is 0 Å². The van der Waals surface area contributed by atoms with Crippen molar-refractivity contribution in [2.24, 2.45) is 0 Å². The van der Waals surface area contributed by atoms with Crippen molar-refractivity contribution in [1.29, 1.82) is 0 Å². The molecule has 0 aliphatic heterocycles. The van der Waals surface area contributed by atoms with Crippen LogP contribution in [-0.4, -0.2) is 13.1 Å². The van der Waals surface area contributed by atoms with Gasteiger partial charge in [-0.15, -0.1) is 0 Å². The molecule has 2 unspecified atom stereocenters. The van der Waals surface area contributed by atoms with Crippen LogP contribution in [0.3, 0.4) is 0 Å². The standard InChI is InChI=1S/C16H19NS/c1-17-16(10-12-8-9-18-11-12)15-7-6-13-4-2-3-5-14(13)15/h2-5,8-9,11,15-17H,6-7,10H2,1H3. The molecule has 1 heterocycles. The van der Waals surface area contributed by atoms with Gasteiger partial charge in [-0.1, -0.05) is 24.3 Å². The number of aryl methyl sites for hydroxylation is 1. The van der Waals surface area contributed by atoms with E-state index in [0.717, 1.165) is 6.42 Å². The summed E-state index contributed by atoms with van der Waals surface area (Å²) in [5.74, 6) is 0.672. The first-order valence-electron chi connectivity index (χ1n) is 6.64. The lowest BCUT2D eigenvalue weighted by molar-refractivity contribution is 0.456. The molecular weight excluding hydrogens is 238 g/mol. The van der Waals surface area contributed by atoms with Crippen LogP contribution in [0.4, 0.5) is 0 Å². The van der Waals surface area contributed by atoms with Gasteiger partial charge in [0.2, 0.25) is 0 Å². The number of likely N-dealkylation sites (N-methyl/N-ethyl adjacent to an activating group) is 1. The van der Waals surface area contributed by atoms with Crippen molar-refractivity contribution >= 4 is 11.3 Å². The maximum atomic E-state index is 3.53. The summed E-state index contributed by atoms with van der Waals surface area (Å²) < 4.78 is 0. The van der Waals surface area contributed by atoms with Gasteiger partial charge in [-0.05, 0) is 59.8 Å². The van der Waals surface area contributed by atoms with Gasteiger partial charge in [0.25, 0.3) is 0 Å². The molecule has 1 aliphatic rings. The third-order valence-electron chi connectivity index (χ3n) is 4.07. The van der Waals surface area contributed by atoms with Crippen LogP contribution < -0.4 is 5.32 Å². The Morgan fingerprint density at radius 1 is 1.33 bits per heavy atom. The molecule has 2 atom stereocenters. The molecule has 0 fully saturated rings. The Bertz CT molecular complexity index is 504. The van der Waals surface area contributed by atoms with Crippen molar-refractivity contribution in [2.75, 3.05) is 7.05 Å². The molecule has 94 valence electrons. The summed E-state index contributed by atoms with van der Waals surface area (Å²) in [5.41, 5.74) is 4.57. The maximum Gasteiger partial charge on any atom is 0.0174 e. The molecule has 1 aliphatic carbocycles. The van der Waals surface area contributed by atoms with E-state index in [-0.39, 0.29) is 0 Å². The van der Waals surface area contributed by atoms with Crippen LogP contribution in [-0.2, 0) is 12.8 Å². The third kappa shape index (κ3) is 2.23. The fourth-order valence-corrected chi connectivity index (χ4v) is 3.80. The number of fused-ring (bicyclic) bond motifs is 1. The number of thiophene rings is 1. The van der Waals surface area contributed by atoms with Gasteiger partial charge in [0.1, 0.15) is 0 Å². The highest BCUT2D eigenvalue weighted by atomic mass is 32.1. The third-order valence-corrected chi connectivity index (χ3v) is 4.80. The quantitative estimate of drug-likeness (QED) is 0.882. The molecule has 1 aromatic heterocycles. The summed E-state index contributed by atoms with van der Waals surface area (Å²) in [7, 11) is 2.10. The first kappa shape index (κ1) is 11.9. The zero-order valence-corrected chi connectivity index (χ0v) is 11.5. The molecular formula is C16H19NS. The van der Waals surface area contributed by atoms with E-state index < -0.39 is 0 Å². The lowest BCUT2D eigenvalue weighted by Crippen LogP contribution is -2.33. The van der Waals surface area contributed by atoms with Crippen LogP contribution in [0.2, 0.25) is 0 Å². The molecule has 1 N–H and O–H groups in total. The number of nitrogens with one attached hydrogen (secondary N) is 1. The molecule has 1 aromatic carbocycles. The van der Waals surface area contributed by atoms with E-state index in [1.165, 1.54) is 18.4 Å². The summed E-state index contributed by atoms with van der Waals surface area (Å²) in [4.78, 5) is 0. The van der Waals surface area contributed by atoms with E-state index in [1.54, 1.807) is 22.5 Å². The Hall–Kier alpha value is -1.12. The van der Waals surface area contributed by atoms with E-state index in [0.29, 0.717) is 12.0 Å². The van der Waals surface area contributed by atoms with Gasteiger partial charge in [0.05, 0.1) is 0 Å². The number of benzene rings is 1. The van der Waals surface area contributed by atoms with Crippen molar-refractivity contribution in [3.8, 4) is 0 Å². The second-order valence-corrected chi connectivity index (χ2v) is 5.85. The van der Waals surface area contributed by atoms with E-state index in [9.17, 15) is 0 Å². The molecule has 2 aromatic rings. The summed E-state index contributed by atoms with van der Waals surface area (Å²) in [6.07, 6.45) is 3.66. The summed E-state index contributed by atoms with van der Waals surface area (Å²) in [6, 6.07) is 11.7. The molecule has 0 saturated carbocycles. The van der Waals surface area contributed by atoms with E-state index >= 15 is 0 Å². The van der Waals surface area contributed by atoms with Crippen LogP contribution >= 0.6 is 11.3 Å². The lowest BCUT2D eigenvalue weighted by atomic mass is 9.89. The number of rotatable bonds is 4. The number of hydrogen-bond donors (Lipinski definition) is 1. The Balaban J connectivity index is 1.81. The Morgan fingerprint density at radius 2 is 2.22 bits per heavy atom. The highest BCUT2D eigenvalue weighted by Crippen LogP contribution is 2.36. The minimum absolute atomic E-state index is 0.559. The van der Waals surface area contributed by atoms with Gasteiger partial charge < -0.3 is 5.32 Å². The van der Waals surface area contributed by atoms with Crippen molar-refractivity contribution in [1.82, 2.24) is 5.32 Å². The minimum Gasteiger partial charge on any atom is -0.316 e. The normalized spacial score (nSPS) is 19.7. The zero-order valence-electron chi connectivity index (χ0n) is 10.7.